The molecule has 1 aliphatic rings. The van der Waals surface area contributed by atoms with E-state index in [9.17, 15) is 9.90 Å². The maximum Gasteiger partial charge on any atom is 0.224 e. The zero-order chi connectivity index (χ0) is 17.0. The number of aromatic nitrogens is 3. The summed E-state index contributed by atoms with van der Waals surface area (Å²) in [6.07, 6.45) is 3.32. The lowest BCUT2D eigenvalue weighted by Crippen LogP contribution is -2.50. The first kappa shape index (κ1) is 17.9. The molecule has 0 aromatic carbocycles. The molecular weight excluding hydrogens is 294 g/mol. The van der Waals surface area contributed by atoms with Crippen molar-refractivity contribution >= 4 is 5.91 Å². The SMILES string of the molecule is CC(C)Cn1ncnc1CN1CCCC(O)(CC(=O)N(C)C)C1. The second-order valence-electron chi connectivity index (χ2n) is 7.26. The monoisotopic (exact) mass is 323 g/mol. The van der Waals surface area contributed by atoms with Crippen molar-refractivity contribution in [2.45, 2.75) is 51.8 Å². The molecule has 23 heavy (non-hydrogen) atoms. The van der Waals surface area contributed by atoms with Gasteiger partial charge in [0, 0.05) is 27.2 Å². The molecule has 1 aromatic rings. The lowest BCUT2D eigenvalue weighted by Gasteiger charge is -2.39. The Bertz CT molecular complexity index is 528. The topological polar surface area (TPSA) is 74.5 Å². The summed E-state index contributed by atoms with van der Waals surface area (Å²) >= 11 is 0. The number of hydrogen-bond donors (Lipinski definition) is 1. The van der Waals surface area contributed by atoms with Crippen molar-refractivity contribution < 1.29 is 9.90 Å². The molecular formula is C16H29N5O2. The Morgan fingerprint density at radius 3 is 2.87 bits per heavy atom. The molecule has 0 radical (unpaired) electrons. The molecule has 1 atom stereocenters. The first-order valence-electron chi connectivity index (χ1n) is 8.31. The van der Waals surface area contributed by atoms with Crippen LogP contribution in [0.1, 0.15) is 38.9 Å². The molecule has 1 fully saturated rings. The highest BCUT2D eigenvalue weighted by Crippen LogP contribution is 2.26. The maximum atomic E-state index is 11.9. The third kappa shape index (κ3) is 5.00. The molecule has 0 aliphatic carbocycles. The average Bonchev–Trinajstić information content (AvgIpc) is 2.84. The Balaban J connectivity index is 1.99. The summed E-state index contributed by atoms with van der Waals surface area (Å²) in [5, 5.41) is 15.1. The second-order valence-corrected chi connectivity index (χ2v) is 7.26. The van der Waals surface area contributed by atoms with E-state index in [-0.39, 0.29) is 12.3 Å². The highest BCUT2D eigenvalue weighted by molar-refractivity contribution is 5.76. The van der Waals surface area contributed by atoms with Gasteiger partial charge in [-0.15, -0.1) is 0 Å². The van der Waals surface area contributed by atoms with Crippen LogP contribution in [0.15, 0.2) is 6.33 Å². The Labute approximate surface area is 138 Å². The van der Waals surface area contributed by atoms with Gasteiger partial charge in [-0.05, 0) is 25.3 Å². The van der Waals surface area contributed by atoms with E-state index in [2.05, 4.69) is 28.8 Å². The molecule has 1 aromatic heterocycles. The lowest BCUT2D eigenvalue weighted by atomic mass is 9.89. The summed E-state index contributed by atoms with van der Waals surface area (Å²) < 4.78 is 1.93. The van der Waals surface area contributed by atoms with Crippen LogP contribution in [0.3, 0.4) is 0 Å². The number of rotatable bonds is 6. The number of nitrogens with zero attached hydrogens (tertiary/aromatic N) is 5. The van der Waals surface area contributed by atoms with Crippen LogP contribution in [-0.4, -0.2) is 68.4 Å². The van der Waals surface area contributed by atoms with Gasteiger partial charge in [-0.2, -0.15) is 5.10 Å². The molecule has 7 heteroatoms. The third-order valence-electron chi connectivity index (χ3n) is 4.21. The van der Waals surface area contributed by atoms with Crippen LogP contribution in [-0.2, 0) is 17.9 Å². The van der Waals surface area contributed by atoms with Gasteiger partial charge in [0.05, 0.1) is 18.6 Å². The Kier molecular flexibility index (Phi) is 5.75. The van der Waals surface area contributed by atoms with Crippen molar-refractivity contribution in [3.05, 3.63) is 12.2 Å². The van der Waals surface area contributed by atoms with Gasteiger partial charge in [0.25, 0.3) is 0 Å². The number of carbonyl (C=O) groups excluding carboxylic acids is 1. The highest BCUT2D eigenvalue weighted by atomic mass is 16.3. The van der Waals surface area contributed by atoms with Crippen molar-refractivity contribution in [2.75, 3.05) is 27.2 Å². The molecule has 7 nitrogen and oxygen atoms in total. The standard InChI is InChI=1S/C16H29N5O2/c1-13(2)9-21-14(17-12-18-21)10-20-7-5-6-16(23,11-20)8-15(22)19(3)4/h12-13,23H,5-11H2,1-4H3. The zero-order valence-corrected chi connectivity index (χ0v) is 14.7. The van der Waals surface area contributed by atoms with E-state index in [1.807, 2.05) is 4.68 Å². The predicted octanol–water partition coefficient (Wildman–Crippen LogP) is 0.739. The minimum absolute atomic E-state index is 0.0303. The van der Waals surface area contributed by atoms with Crippen molar-refractivity contribution in [3.63, 3.8) is 0 Å². The summed E-state index contributed by atoms with van der Waals surface area (Å²) in [4.78, 5) is 20.0. The zero-order valence-electron chi connectivity index (χ0n) is 14.7. The number of likely N-dealkylation sites (tertiary alicyclic amines) is 1. The van der Waals surface area contributed by atoms with Gasteiger partial charge in [-0.3, -0.25) is 9.69 Å². The fourth-order valence-corrected chi connectivity index (χ4v) is 3.03. The van der Waals surface area contributed by atoms with Gasteiger partial charge >= 0.3 is 0 Å². The van der Waals surface area contributed by atoms with Crippen molar-refractivity contribution in [3.8, 4) is 0 Å². The molecule has 1 aliphatic heterocycles. The molecule has 2 rings (SSSR count). The second kappa shape index (κ2) is 7.40. The van der Waals surface area contributed by atoms with Gasteiger partial charge in [0.2, 0.25) is 5.91 Å². The lowest BCUT2D eigenvalue weighted by molar-refractivity contribution is -0.136. The Morgan fingerprint density at radius 1 is 1.48 bits per heavy atom. The number of hydrogen-bond acceptors (Lipinski definition) is 5. The summed E-state index contributed by atoms with van der Waals surface area (Å²) in [5.74, 6) is 1.39. The van der Waals surface area contributed by atoms with E-state index in [0.29, 0.717) is 25.4 Å². The molecule has 0 saturated carbocycles. The molecule has 1 N–H and O–H groups in total. The van der Waals surface area contributed by atoms with Gasteiger partial charge in [-0.25, -0.2) is 9.67 Å². The number of β-amino-alcohol motifs (C(OH)–C–C–N with tert-alkyl or cyclic N) is 1. The number of aliphatic hydroxyl groups is 1. The largest absolute Gasteiger partial charge is 0.388 e. The average molecular weight is 323 g/mol. The van der Waals surface area contributed by atoms with E-state index in [0.717, 1.165) is 25.3 Å². The smallest absolute Gasteiger partial charge is 0.224 e. The summed E-state index contributed by atoms with van der Waals surface area (Å²) in [5.41, 5.74) is -0.942. The van der Waals surface area contributed by atoms with Crippen LogP contribution in [0.5, 0.6) is 0 Å². The van der Waals surface area contributed by atoms with Gasteiger partial charge in [0.1, 0.15) is 12.2 Å². The third-order valence-corrected chi connectivity index (χ3v) is 4.21. The predicted molar refractivity (Wildman–Crippen MR) is 87.6 cm³/mol. The van der Waals surface area contributed by atoms with Crippen LogP contribution < -0.4 is 0 Å². The summed E-state index contributed by atoms with van der Waals surface area (Å²) in [7, 11) is 3.45. The molecule has 1 amide bonds. The van der Waals surface area contributed by atoms with Crippen molar-refractivity contribution in [2.24, 2.45) is 5.92 Å². The Hall–Kier alpha value is -1.47. The quantitative estimate of drug-likeness (QED) is 0.836. The summed E-state index contributed by atoms with van der Waals surface area (Å²) in [6, 6.07) is 0. The molecule has 0 spiro atoms. The van der Waals surface area contributed by atoms with E-state index in [1.165, 1.54) is 4.90 Å². The minimum Gasteiger partial charge on any atom is -0.388 e. The number of carbonyl (C=O) groups is 1. The van der Waals surface area contributed by atoms with Crippen molar-refractivity contribution in [1.29, 1.82) is 0 Å². The van der Waals surface area contributed by atoms with Crippen molar-refractivity contribution in [1.82, 2.24) is 24.6 Å². The van der Waals surface area contributed by atoms with Crippen LogP contribution in [0.25, 0.3) is 0 Å². The number of piperidine rings is 1. The molecule has 1 unspecified atom stereocenters. The molecule has 130 valence electrons. The van der Waals surface area contributed by atoms with Gasteiger partial charge < -0.3 is 10.0 Å². The van der Waals surface area contributed by atoms with E-state index < -0.39 is 5.60 Å². The van der Waals surface area contributed by atoms with Crippen LogP contribution in [0.4, 0.5) is 0 Å². The minimum atomic E-state index is -0.942. The van der Waals surface area contributed by atoms with Gasteiger partial charge in [-0.1, -0.05) is 13.8 Å². The van der Waals surface area contributed by atoms with Gasteiger partial charge in [0.15, 0.2) is 0 Å². The maximum absolute atomic E-state index is 11.9. The normalized spacial score (nSPS) is 22.5. The van der Waals surface area contributed by atoms with E-state index in [1.54, 1.807) is 20.4 Å². The fourth-order valence-electron chi connectivity index (χ4n) is 3.03. The molecule has 2 heterocycles. The first-order valence-corrected chi connectivity index (χ1v) is 8.31. The molecule has 1 saturated heterocycles. The highest BCUT2D eigenvalue weighted by Gasteiger charge is 2.36. The Morgan fingerprint density at radius 2 is 2.22 bits per heavy atom. The van der Waals surface area contributed by atoms with Crippen LogP contribution >= 0.6 is 0 Å². The fraction of sp³-hybridized carbons (Fsp3) is 0.812. The van der Waals surface area contributed by atoms with Crippen LogP contribution in [0, 0.1) is 5.92 Å². The van der Waals surface area contributed by atoms with Crippen LogP contribution in [0.2, 0.25) is 0 Å². The van der Waals surface area contributed by atoms with E-state index in [4.69, 9.17) is 0 Å². The molecule has 0 bridgehead atoms. The first-order chi connectivity index (χ1) is 10.8. The van der Waals surface area contributed by atoms with E-state index >= 15 is 0 Å². The summed E-state index contributed by atoms with van der Waals surface area (Å²) in [6.45, 7) is 7.21. The number of amides is 1.